The minimum absolute atomic E-state index is 0.00956. The Morgan fingerprint density at radius 3 is 2.68 bits per heavy atom. The molecule has 2 aliphatic rings. The molecule has 0 amide bonds. The summed E-state index contributed by atoms with van der Waals surface area (Å²) in [4.78, 5) is 30.0. The van der Waals surface area contributed by atoms with Crippen LogP contribution in [0.5, 0.6) is 5.75 Å². The zero-order valence-corrected chi connectivity index (χ0v) is 24.4. The number of hydrogen-bond donors (Lipinski definition) is 1. The number of nitrogens with zero attached hydrogens (tertiary/aromatic N) is 3. The first-order valence-corrected chi connectivity index (χ1v) is 14.7. The Bertz CT molecular complexity index is 1360. The molecular weight excluding hydrogens is 524 g/mol. The van der Waals surface area contributed by atoms with E-state index in [9.17, 15) is 9.59 Å². The number of benzene rings is 1. The summed E-state index contributed by atoms with van der Waals surface area (Å²) in [5.41, 5.74) is 3.45. The van der Waals surface area contributed by atoms with Crippen LogP contribution in [-0.2, 0) is 32.6 Å². The van der Waals surface area contributed by atoms with Gasteiger partial charge in [0.05, 0.1) is 17.6 Å². The Labute approximate surface area is 240 Å². The van der Waals surface area contributed by atoms with E-state index in [2.05, 4.69) is 9.88 Å². The van der Waals surface area contributed by atoms with E-state index >= 15 is 0 Å². The van der Waals surface area contributed by atoms with Crippen molar-refractivity contribution in [3.63, 3.8) is 0 Å². The topological polar surface area (TPSA) is 106 Å². The van der Waals surface area contributed by atoms with Crippen molar-refractivity contribution < 1.29 is 23.7 Å². The van der Waals surface area contributed by atoms with Crippen LogP contribution in [0.2, 0.25) is 0 Å². The monoisotopic (exact) mass is 566 g/mol. The lowest BCUT2D eigenvalue weighted by molar-refractivity contribution is -0.152. The molecule has 0 spiro atoms. The number of methoxy groups -OCH3 is 1. The number of esters is 1. The molecule has 1 aliphatic carbocycles. The molecule has 1 aromatic carbocycles. The van der Waals surface area contributed by atoms with Gasteiger partial charge in [0.25, 0.3) is 5.56 Å². The number of ether oxygens (including phenoxy) is 4. The Hall–Kier alpha value is -3.21. The number of hydrogen-bond acceptors (Lipinski definition) is 8. The molecular formula is C31H42N4O6. The highest BCUT2D eigenvalue weighted by Gasteiger charge is 2.25. The molecule has 0 radical (unpaired) electrons. The molecule has 1 atom stereocenters. The summed E-state index contributed by atoms with van der Waals surface area (Å²) in [6.07, 6.45) is 7.97. The molecule has 3 aromatic rings. The Morgan fingerprint density at radius 1 is 1.17 bits per heavy atom. The van der Waals surface area contributed by atoms with Crippen LogP contribution in [0, 0.1) is 12.8 Å². The largest absolute Gasteiger partial charge is 0.492 e. The third-order valence-electron chi connectivity index (χ3n) is 8.09. The fourth-order valence-electron chi connectivity index (χ4n) is 5.82. The number of nitrogens with one attached hydrogen (secondary N) is 1. The number of aromatic nitrogens is 3. The van der Waals surface area contributed by atoms with Crippen LogP contribution in [0.3, 0.4) is 0 Å². The van der Waals surface area contributed by atoms with Gasteiger partial charge >= 0.3 is 5.97 Å². The van der Waals surface area contributed by atoms with Gasteiger partial charge in [-0.3, -0.25) is 14.9 Å². The summed E-state index contributed by atoms with van der Waals surface area (Å²) in [6, 6.07) is 7.32. The van der Waals surface area contributed by atoms with Crippen molar-refractivity contribution in [2.24, 2.45) is 13.0 Å². The van der Waals surface area contributed by atoms with E-state index in [0.29, 0.717) is 24.6 Å². The highest BCUT2D eigenvalue weighted by molar-refractivity contribution is 5.82. The number of fused-ring (bicyclic) bond motifs is 1. The van der Waals surface area contributed by atoms with E-state index in [4.69, 9.17) is 23.9 Å². The molecule has 1 saturated carbocycles. The van der Waals surface area contributed by atoms with Gasteiger partial charge in [-0.25, -0.2) is 4.98 Å². The molecule has 41 heavy (non-hydrogen) atoms. The summed E-state index contributed by atoms with van der Waals surface area (Å²) in [5.74, 6) is 1.78. The second kappa shape index (κ2) is 13.6. The van der Waals surface area contributed by atoms with Gasteiger partial charge in [-0.2, -0.15) is 0 Å². The van der Waals surface area contributed by atoms with E-state index in [1.54, 1.807) is 18.7 Å². The third kappa shape index (κ3) is 7.17. The summed E-state index contributed by atoms with van der Waals surface area (Å²) in [5, 5.41) is 3.23. The van der Waals surface area contributed by atoms with Gasteiger partial charge < -0.3 is 28.1 Å². The molecule has 10 nitrogen and oxygen atoms in total. The highest BCUT2D eigenvalue weighted by atomic mass is 16.5. The maximum Gasteiger partial charge on any atom is 0.325 e. The molecule has 1 saturated heterocycles. The average molecular weight is 567 g/mol. The fourth-order valence-corrected chi connectivity index (χ4v) is 5.82. The lowest BCUT2D eigenvalue weighted by Crippen LogP contribution is -2.44. The minimum Gasteiger partial charge on any atom is -0.492 e. The number of pyridine rings is 1. The Balaban J connectivity index is 1.31. The fraction of sp³-hybridized carbons (Fsp3) is 0.581. The van der Waals surface area contributed by atoms with E-state index in [-0.39, 0.29) is 24.2 Å². The van der Waals surface area contributed by atoms with E-state index < -0.39 is 6.04 Å². The third-order valence-corrected chi connectivity index (χ3v) is 8.09. The second-order valence-electron chi connectivity index (χ2n) is 11.2. The summed E-state index contributed by atoms with van der Waals surface area (Å²) >= 11 is 0. The Morgan fingerprint density at radius 2 is 1.95 bits per heavy atom. The van der Waals surface area contributed by atoms with Crippen LogP contribution in [0.1, 0.15) is 44.1 Å². The summed E-state index contributed by atoms with van der Waals surface area (Å²) in [6.45, 7) is 5.28. The van der Waals surface area contributed by atoms with Crippen LogP contribution in [0.15, 0.2) is 35.3 Å². The van der Waals surface area contributed by atoms with Crippen LogP contribution in [0.4, 0.5) is 0 Å². The number of carbonyl (C=O) groups is 1. The predicted molar refractivity (Wildman–Crippen MR) is 156 cm³/mol. The van der Waals surface area contributed by atoms with Crippen molar-refractivity contribution in [2.45, 2.75) is 64.1 Å². The predicted octanol–water partition coefficient (Wildman–Crippen LogP) is 3.61. The molecule has 1 N–H and O–H groups in total. The van der Waals surface area contributed by atoms with Crippen molar-refractivity contribution in [2.75, 3.05) is 40.1 Å². The van der Waals surface area contributed by atoms with Crippen molar-refractivity contribution in [3.8, 4) is 17.1 Å². The zero-order chi connectivity index (χ0) is 28.8. The maximum atomic E-state index is 12.6. The first-order chi connectivity index (χ1) is 19.9. The smallest absolute Gasteiger partial charge is 0.325 e. The van der Waals surface area contributed by atoms with E-state index in [1.807, 2.05) is 37.4 Å². The SMILES string of the molecule is COC[C@H](NCCOc1ccc2nc(-c3cc(C)c(=O)n(C)c3)n(CC3CCOCC3)c2c1)C(=O)OC1CCCC1. The van der Waals surface area contributed by atoms with Gasteiger partial charge in [-0.05, 0) is 69.6 Å². The van der Waals surface area contributed by atoms with Gasteiger partial charge in [0.2, 0.25) is 0 Å². The first-order valence-electron chi connectivity index (χ1n) is 14.7. The standard InChI is InChI=1S/C31H42N4O6/c1-21-16-23(19-34(2)30(21)36)29-33-26-9-8-25(17-28(26)35(29)18-22-10-13-39-14-11-22)40-15-12-32-27(20-38-3)31(37)41-24-6-4-5-7-24/h8-9,16-17,19,22,24,27,32H,4-7,10-15,18,20H2,1-3H3/t27-/m0/s1. The minimum atomic E-state index is -0.527. The lowest BCUT2D eigenvalue weighted by atomic mass is 10.00. The summed E-state index contributed by atoms with van der Waals surface area (Å²) in [7, 11) is 3.35. The molecule has 1 aliphatic heterocycles. The van der Waals surface area contributed by atoms with Gasteiger partial charge in [0.15, 0.2) is 0 Å². The van der Waals surface area contributed by atoms with Gasteiger partial charge in [0, 0.05) is 63.9 Å². The number of imidazole rings is 1. The van der Waals surface area contributed by atoms with Crippen LogP contribution >= 0.6 is 0 Å². The molecule has 10 heteroatoms. The molecule has 2 fully saturated rings. The van der Waals surface area contributed by atoms with Gasteiger partial charge in [-0.1, -0.05) is 0 Å². The van der Waals surface area contributed by atoms with Crippen LogP contribution in [0.25, 0.3) is 22.4 Å². The normalized spacial score (nSPS) is 17.2. The Kier molecular flexibility index (Phi) is 9.74. The van der Waals surface area contributed by atoms with Crippen molar-refractivity contribution >= 4 is 17.0 Å². The van der Waals surface area contributed by atoms with Crippen LogP contribution in [-0.4, -0.2) is 72.3 Å². The molecule has 3 heterocycles. The quantitative estimate of drug-likeness (QED) is 0.262. The van der Waals surface area contributed by atoms with Gasteiger partial charge in [-0.15, -0.1) is 0 Å². The molecule has 222 valence electrons. The van der Waals surface area contributed by atoms with Crippen molar-refractivity contribution in [3.05, 3.63) is 46.4 Å². The molecule has 0 unspecified atom stereocenters. The number of aryl methyl sites for hydroxylation is 2. The molecule has 0 bridgehead atoms. The van der Waals surface area contributed by atoms with E-state index in [0.717, 1.165) is 86.5 Å². The first kappa shape index (κ1) is 29.3. The zero-order valence-electron chi connectivity index (χ0n) is 24.4. The highest BCUT2D eigenvalue weighted by Crippen LogP contribution is 2.30. The lowest BCUT2D eigenvalue weighted by Gasteiger charge is -2.23. The number of carbonyl (C=O) groups excluding carboxylic acids is 1. The number of rotatable bonds is 12. The second-order valence-corrected chi connectivity index (χ2v) is 11.2. The van der Waals surface area contributed by atoms with Crippen LogP contribution < -0.4 is 15.6 Å². The van der Waals surface area contributed by atoms with Crippen molar-refractivity contribution in [1.82, 2.24) is 19.4 Å². The van der Waals surface area contributed by atoms with Crippen molar-refractivity contribution in [1.29, 1.82) is 0 Å². The molecule has 5 rings (SSSR count). The van der Waals surface area contributed by atoms with Gasteiger partial charge in [0.1, 0.15) is 30.3 Å². The average Bonchev–Trinajstić information content (AvgIpc) is 3.61. The summed E-state index contributed by atoms with van der Waals surface area (Å²) < 4.78 is 26.5. The maximum absolute atomic E-state index is 12.6. The van der Waals surface area contributed by atoms with E-state index in [1.165, 1.54) is 0 Å². The molecule has 2 aromatic heterocycles.